The third-order valence-corrected chi connectivity index (χ3v) is 2.60. The SMILES string of the molecule is CCN(CC)CCCC(C)C=CC(=O)O.Cl. The van der Waals surface area contributed by atoms with Crippen LogP contribution in [-0.2, 0) is 4.79 Å². The van der Waals surface area contributed by atoms with Crippen molar-refractivity contribution in [2.24, 2.45) is 5.92 Å². The second-order valence-electron chi connectivity index (χ2n) is 3.84. The van der Waals surface area contributed by atoms with Crippen LogP contribution in [0.5, 0.6) is 0 Å². The van der Waals surface area contributed by atoms with Gasteiger partial charge in [-0.2, -0.15) is 0 Å². The van der Waals surface area contributed by atoms with E-state index in [1.165, 1.54) is 6.08 Å². The van der Waals surface area contributed by atoms with E-state index in [1.807, 2.05) is 0 Å². The fourth-order valence-corrected chi connectivity index (χ4v) is 1.52. The number of rotatable bonds is 8. The van der Waals surface area contributed by atoms with Gasteiger partial charge in [-0.05, 0) is 38.4 Å². The molecule has 0 heterocycles. The number of carboxylic acids is 1. The fourth-order valence-electron chi connectivity index (χ4n) is 1.52. The van der Waals surface area contributed by atoms with Crippen molar-refractivity contribution in [1.82, 2.24) is 4.90 Å². The smallest absolute Gasteiger partial charge is 0.327 e. The molecule has 0 amide bonds. The molecule has 1 N–H and O–H groups in total. The van der Waals surface area contributed by atoms with Gasteiger partial charge < -0.3 is 10.0 Å². The molecule has 1 unspecified atom stereocenters. The van der Waals surface area contributed by atoms with Crippen molar-refractivity contribution in [2.45, 2.75) is 33.6 Å². The van der Waals surface area contributed by atoms with Gasteiger partial charge in [0.1, 0.15) is 0 Å². The Morgan fingerprint density at radius 1 is 1.38 bits per heavy atom. The molecule has 0 saturated carbocycles. The molecule has 16 heavy (non-hydrogen) atoms. The minimum absolute atomic E-state index is 0. The fraction of sp³-hybridized carbons (Fsp3) is 0.750. The molecule has 0 saturated heterocycles. The van der Waals surface area contributed by atoms with Crippen LogP contribution in [0.4, 0.5) is 0 Å². The monoisotopic (exact) mass is 249 g/mol. The normalized spacial score (nSPS) is 12.8. The van der Waals surface area contributed by atoms with Crippen molar-refractivity contribution in [3.63, 3.8) is 0 Å². The van der Waals surface area contributed by atoms with Crippen LogP contribution in [0, 0.1) is 5.92 Å². The summed E-state index contributed by atoms with van der Waals surface area (Å²) >= 11 is 0. The molecule has 0 radical (unpaired) electrons. The van der Waals surface area contributed by atoms with Crippen molar-refractivity contribution in [3.05, 3.63) is 12.2 Å². The first-order valence-electron chi connectivity index (χ1n) is 5.73. The lowest BCUT2D eigenvalue weighted by atomic mass is 10.0. The van der Waals surface area contributed by atoms with E-state index in [2.05, 4.69) is 25.7 Å². The van der Waals surface area contributed by atoms with Gasteiger partial charge in [0.15, 0.2) is 0 Å². The van der Waals surface area contributed by atoms with E-state index in [9.17, 15) is 4.79 Å². The molecule has 0 aliphatic carbocycles. The average molecular weight is 250 g/mol. The number of allylic oxidation sites excluding steroid dienone is 1. The number of nitrogens with zero attached hydrogens (tertiary/aromatic N) is 1. The Hall–Kier alpha value is -0.540. The molecule has 4 heteroatoms. The predicted molar refractivity (Wildman–Crippen MR) is 70.2 cm³/mol. The highest BCUT2D eigenvalue weighted by Crippen LogP contribution is 2.07. The van der Waals surface area contributed by atoms with Crippen LogP contribution in [0.25, 0.3) is 0 Å². The molecular formula is C12H24ClNO2. The van der Waals surface area contributed by atoms with Gasteiger partial charge in [-0.1, -0.05) is 26.8 Å². The molecule has 96 valence electrons. The topological polar surface area (TPSA) is 40.5 Å². The lowest BCUT2D eigenvalue weighted by Gasteiger charge is -2.18. The zero-order chi connectivity index (χ0) is 11.7. The molecule has 0 spiro atoms. The summed E-state index contributed by atoms with van der Waals surface area (Å²) in [6.45, 7) is 9.68. The summed E-state index contributed by atoms with van der Waals surface area (Å²) < 4.78 is 0. The maximum absolute atomic E-state index is 10.3. The summed E-state index contributed by atoms with van der Waals surface area (Å²) in [6, 6.07) is 0. The maximum Gasteiger partial charge on any atom is 0.327 e. The zero-order valence-electron chi connectivity index (χ0n) is 10.5. The molecule has 3 nitrogen and oxygen atoms in total. The third kappa shape index (κ3) is 9.99. The lowest BCUT2D eigenvalue weighted by molar-refractivity contribution is -0.131. The van der Waals surface area contributed by atoms with Crippen LogP contribution >= 0.6 is 12.4 Å². The second-order valence-corrected chi connectivity index (χ2v) is 3.84. The van der Waals surface area contributed by atoms with E-state index in [-0.39, 0.29) is 12.4 Å². The van der Waals surface area contributed by atoms with Crippen LogP contribution in [0.3, 0.4) is 0 Å². The minimum atomic E-state index is -0.856. The first-order chi connectivity index (χ1) is 7.10. The van der Waals surface area contributed by atoms with Gasteiger partial charge in [0.2, 0.25) is 0 Å². The number of hydrogen-bond donors (Lipinski definition) is 1. The van der Waals surface area contributed by atoms with Crippen LogP contribution in [0.1, 0.15) is 33.6 Å². The number of carboxylic acid groups (broad SMARTS) is 1. The predicted octanol–water partition coefficient (Wildman–Crippen LogP) is 2.81. The number of hydrogen-bond acceptors (Lipinski definition) is 2. The highest BCUT2D eigenvalue weighted by Gasteiger charge is 2.01. The van der Waals surface area contributed by atoms with Gasteiger partial charge in [-0.3, -0.25) is 0 Å². The van der Waals surface area contributed by atoms with E-state index < -0.39 is 5.97 Å². The molecule has 0 rings (SSSR count). The van der Waals surface area contributed by atoms with Crippen LogP contribution in [0.15, 0.2) is 12.2 Å². The number of halogens is 1. The van der Waals surface area contributed by atoms with E-state index in [4.69, 9.17) is 5.11 Å². The Morgan fingerprint density at radius 2 is 1.94 bits per heavy atom. The Labute approximate surface area is 105 Å². The van der Waals surface area contributed by atoms with Crippen molar-refractivity contribution < 1.29 is 9.90 Å². The third-order valence-electron chi connectivity index (χ3n) is 2.60. The van der Waals surface area contributed by atoms with Gasteiger partial charge in [-0.25, -0.2) is 4.79 Å². The molecule has 0 aromatic heterocycles. The Morgan fingerprint density at radius 3 is 2.38 bits per heavy atom. The van der Waals surface area contributed by atoms with E-state index in [0.717, 1.165) is 32.5 Å². The number of carbonyl (C=O) groups is 1. The van der Waals surface area contributed by atoms with E-state index in [0.29, 0.717) is 5.92 Å². The van der Waals surface area contributed by atoms with Gasteiger partial charge in [-0.15, -0.1) is 12.4 Å². The first kappa shape index (κ1) is 17.8. The summed E-state index contributed by atoms with van der Waals surface area (Å²) in [7, 11) is 0. The summed E-state index contributed by atoms with van der Waals surface area (Å²) in [4.78, 5) is 12.7. The van der Waals surface area contributed by atoms with Gasteiger partial charge in [0, 0.05) is 6.08 Å². The van der Waals surface area contributed by atoms with Gasteiger partial charge >= 0.3 is 5.97 Å². The van der Waals surface area contributed by atoms with Crippen molar-refractivity contribution in [1.29, 1.82) is 0 Å². The van der Waals surface area contributed by atoms with Crippen LogP contribution < -0.4 is 0 Å². The summed E-state index contributed by atoms with van der Waals surface area (Å²) in [5.41, 5.74) is 0. The van der Waals surface area contributed by atoms with Crippen molar-refractivity contribution in [3.8, 4) is 0 Å². The van der Waals surface area contributed by atoms with Crippen LogP contribution in [-0.4, -0.2) is 35.6 Å². The van der Waals surface area contributed by atoms with Crippen LogP contribution in [0.2, 0.25) is 0 Å². The minimum Gasteiger partial charge on any atom is -0.478 e. The number of aliphatic carboxylic acids is 1. The Balaban J connectivity index is 0. The highest BCUT2D eigenvalue weighted by atomic mass is 35.5. The standard InChI is InChI=1S/C12H23NO2.ClH/c1-4-13(5-2)10-6-7-11(3)8-9-12(14)15;/h8-9,11H,4-7,10H2,1-3H3,(H,14,15);1H. The quantitative estimate of drug-likeness (QED) is 0.673. The first-order valence-corrected chi connectivity index (χ1v) is 5.73. The molecule has 0 fully saturated rings. The summed E-state index contributed by atoms with van der Waals surface area (Å²) in [5.74, 6) is -0.498. The zero-order valence-corrected chi connectivity index (χ0v) is 11.3. The largest absolute Gasteiger partial charge is 0.478 e. The molecule has 0 aliphatic rings. The van der Waals surface area contributed by atoms with E-state index >= 15 is 0 Å². The van der Waals surface area contributed by atoms with Gasteiger partial charge in [0.05, 0.1) is 0 Å². The van der Waals surface area contributed by atoms with Crippen molar-refractivity contribution >= 4 is 18.4 Å². The molecule has 0 bridgehead atoms. The Kier molecular flexibility index (Phi) is 12.2. The molecule has 0 aromatic rings. The highest BCUT2D eigenvalue weighted by molar-refractivity contribution is 5.85. The molecular weight excluding hydrogens is 226 g/mol. The summed E-state index contributed by atoms with van der Waals surface area (Å²) in [5, 5.41) is 8.46. The van der Waals surface area contributed by atoms with Gasteiger partial charge in [0.25, 0.3) is 0 Å². The summed E-state index contributed by atoms with van der Waals surface area (Å²) in [6.07, 6.45) is 5.19. The Bertz CT molecular complexity index is 203. The van der Waals surface area contributed by atoms with E-state index in [1.54, 1.807) is 6.08 Å². The molecule has 0 aromatic carbocycles. The molecule has 0 aliphatic heterocycles. The second kappa shape index (κ2) is 11.0. The lowest BCUT2D eigenvalue weighted by Crippen LogP contribution is -2.24. The average Bonchev–Trinajstić information content (AvgIpc) is 2.21. The molecule has 1 atom stereocenters. The maximum atomic E-state index is 10.3. The van der Waals surface area contributed by atoms with Crippen molar-refractivity contribution in [2.75, 3.05) is 19.6 Å².